The minimum Gasteiger partial charge on any atom is -0.494 e. The van der Waals surface area contributed by atoms with Crippen molar-refractivity contribution >= 4 is 0 Å². The molecular formula is C10H14FNO2. The molecule has 1 atom stereocenters. The summed E-state index contributed by atoms with van der Waals surface area (Å²) in [5, 5.41) is 0. The highest BCUT2D eigenvalue weighted by atomic mass is 19.1. The monoisotopic (exact) mass is 199 g/mol. The average molecular weight is 199 g/mol. The van der Waals surface area contributed by atoms with Crippen LogP contribution in [0.3, 0.4) is 0 Å². The van der Waals surface area contributed by atoms with E-state index in [9.17, 15) is 4.39 Å². The number of methoxy groups -OCH3 is 2. The van der Waals surface area contributed by atoms with E-state index in [1.54, 1.807) is 12.1 Å². The minimum atomic E-state index is -0.501. The molecule has 14 heavy (non-hydrogen) atoms. The fourth-order valence-corrected chi connectivity index (χ4v) is 1.15. The second-order valence-corrected chi connectivity index (χ2v) is 3.03. The van der Waals surface area contributed by atoms with Crippen LogP contribution in [0.25, 0.3) is 0 Å². The maximum atomic E-state index is 13.4. The van der Waals surface area contributed by atoms with Crippen LogP contribution >= 0.6 is 0 Å². The van der Waals surface area contributed by atoms with E-state index in [1.165, 1.54) is 14.2 Å². The van der Waals surface area contributed by atoms with Crippen molar-refractivity contribution in [3.8, 4) is 11.5 Å². The van der Waals surface area contributed by atoms with Crippen LogP contribution in [0, 0.1) is 5.82 Å². The summed E-state index contributed by atoms with van der Waals surface area (Å²) in [4.78, 5) is 0. The van der Waals surface area contributed by atoms with Gasteiger partial charge in [-0.2, -0.15) is 4.39 Å². The smallest absolute Gasteiger partial charge is 0.206 e. The molecule has 0 radical (unpaired) electrons. The molecular weight excluding hydrogens is 185 g/mol. The summed E-state index contributed by atoms with van der Waals surface area (Å²) in [6.45, 7) is 1.81. The second kappa shape index (κ2) is 4.28. The minimum absolute atomic E-state index is 0.150. The first kappa shape index (κ1) is 10.8. The molecule has 0 aromatic heterocycles. The Kier molecular flexibility index (Phi) is 3.30. The summed E-state index contributed by atoms with van der Waals surface area (Å²) in [5.41, 5.74) is 6.46. The summed E-state index contributed by atoms with van der Waals surface area (Å²) in [7, 11) is 2.81. The SMILES string of the molecule is COc1cc(C(C)N)cc(OC)c1F. The van der Waals surface area contributed by atoms with E-state index in [2.05, 4.69) is 0 Å². The van der Waals surface area contributed by atoms with Gasteiger partial charge >= 0.3 is 0 Å². The van der Waals surface area contributed by atoms with Crippen LogP contribution in [0.1, 0.15) is 18.5 Å². The fraction of sp³-hybridized carbons (Fsp3) is 0.400. The van der Waals surface area contributed by atoms with E-state index in [1.807, 2.05) is 6.92 Å². The largest absolute Gasteiger partial charge is 0.494 e. The third-order valence-corrected chi connectivity index (χ3v) is 1.99. The lowest BCUT2D eigenvalue weighted by atomic mass is 10.1. The lowest BCUT2D eigenvalue weighted by Gasteiger charge is -2.12. The van der Waals surface area contributed by atoms with E-state index < -0.39 is 5.82 Å². The van der Waals surface area contributed by atoms with Gasteiger partial charge < -0.3 is 15.2 Å². The number of benzene rings is 1. The highest BCUT2D eigenvalue weighted by molar-refractivity contribution is 5.41. The molecule has 0 heterocycles. The summed E-state index contributed by atoms with van der Waals surface area (Å²) in [5.74, 6) is -0.201. The zero-order valence-electron chi connectivity index (χ0n) is 8.50. The Morgan fingerprint density at radius 3 is 1.93 bits per heavy atom. The van der Waals surface area contributed by atoms with Gasteiger partial charge in [-0.15, -0.1) is 0 Å². The molecule has 78 valence electrons. The van der Waals surface area contributed by atoms with Gasteiger partial charge in [-0.1, -0.05) is 0 Å². The lowest BCUT2D eigenvalue weighted by Crippen LogP contribution is -2.06. The van der Waals surface area contributed by atoms with Crippen LogP contribution in [0.5, 0.6) is 11.5 Å². The van der Waals surface area contributed by atoms with Crippen LogP contribution in [0.4, 0.5) is 4.39 Å². The van der Waals surface area contributed by atoms with Crippen LogP contribution in [0.2, 0.25) is 0 Å². The van der Waals surface area contributed by atoms with E-state index in [0.717, 1.165) is 5.56 Å². The highest BCUT2D eigenvalue weighted by Crippen LogP contribution is 2.30. The number of rotatable bonds is 3. The molecule has 1 unspecified atom stereocenters. The van der Waals surface area contributed by atoms with Crippen molar-refractivity contribution in [2.75, 3.05) is 14.2 Å². The molecule has 0 aliphatic rings. The number of ether oxygens (including phenoxy) is 2. The number of hydrogen-bond donors (Lipinski definition) is 1. The predicted molar refractivity (Wildman–Crippen MR) is 52.1 cm³/mol. The van der Waals surface area contributed by atoms with Crippen molar-refractivity contribution in [2.24, 2.45) is 5.73 Å². The molecule has 0 spiro atoms. The van der Waals surface area contributed by atoms with Gasteiger partial charge in [0, 0.05) is 6.04 Å². The second-order valence-electron chi connectivity index (χ2n) is 3.03. The van der Waals surface area contributed by atoms with Gasteiger partial charge in [-0.3, -0.25) is 0 Å². The quantitative estimate of drug-likeness (QED) is 0.808. The van der Waals surface area contributed by atoms with Gasteiger partial charge in [0.1, 0.15) is 0 Å². The van der Waals surface area contributed by atoms with Gasteiger partial charge in [0.2, 0.25) is 5.82 Å². The summed E-state index contributed by atoms with van der Waals surface area (Å²) < 4.78 is 23.2. The van der Waals surface area contributed by atoms with Crippen LogP contribution in [-0.4, -0.2) is 14.2 Å². The zero-order valence-corrected chi connectivity index (χ0v) is 8.50. The molecule has 3 nitrogen and oxygen atoms in total. The first-order chi connectivity index (χ1) is 6.60. The van der Waals surface area contributed by atoms with Crippen LogP contribution < -0.4 is 15.2 Å². The Morgan fingerprint density at radius 1 is 1.21 bits per heavy atom. The van der Waals surface area contributed by atoms with Crippen LogP contribution in [0.15, 0.2) is 12.1 Å². The fourth-order valence-electron chi connectivity index (χ4n) is 1.15. The Morgan fingerprint density at radius 2 is 1.64 bits per heavy atom. The van der Waals surface area contributed by atoms with Gasteiger partial charge in [-0.25, -0.2) is 0 Å². The van der Waals surface area contributed by atoms with Gasteiger partial charge in [-0.05, 0) is 24.6 Å². The number of halogens is 1. The van der Waals surface area contributed by atoms with Gasteiger partial charge in [0.05, 0.1) is 14.2 Å². The van der Waals surface area contributed by atoms with Crippen molar-refractivity contribution in [1.29, 1.82) is 0 Å². The van der Waals surface area contributed by atoms with E-state index in [-0.39, 0.29) is 17.5 Å². The normalized spacial score (nSPS) is 12.4. The topological polar surface area (TPSA) is 44.5 Å². The van der Waals surface area contributed by atoms with Gasteiger partial charge in [0.25, 0.3) is 0 Å². The summed E-state index contributed by atoms with van der Waals surface area (Å²) in [6, 6.07) is 2.96. The molecule has 0 fully saturated rings. The molecule has 0 saturated heterocycles. The van der Waals surface area contributed by atoms with E-state index in [4.69, 9.17) is 15.2 Å². The van der Waals surface area contributed by atoms with E-state index in [0.29, 0.717) is 0 Å². The van der Waals surface area contributed by atoms with Crippen molar-refractivity contribution in [3.05, 3.63) is 23.5 Å². The van der Waals surface area contributed by atoms with Crippen molar-refractivity contribution in [3.63, 3.8) is 0 Å². The van der Waals surface area contributed by atoms with Crippen molar-refractivity contribution in [1.82, 2.24) is 0 Å². The molecule has 1 aromatic carbocycles. The predicted octanol–water partition coefficient (Wildman–Crippen LogP) is 1.86. The van der Waals surface area contributed by atoms with Crippen molar-refractivity contribution < 1.29 is 13.9 Å². The number of hydrogen-bond acceptors (Lipinski definition) is 3. The maximum Gasteiger partial charge on any atom is 0.206 e. The molecule has 0 aliphatic heterocycles. The zero-order chi connectivity index (χ0) is 10.7. The third kappa shape index (κ3) is 1.96. The molecule has 2 N–H and O–H groups in total. The molecule has 1 aromatic rings. The summed E-state index contributed by atoms with van der Waals surface area (Å²) >= 11 is 0. The molecule has 1 rings (SSSR count). The summed E-state index contributed by atoms with van der Waals surface area (Å²) in [6.07, 6.45) is 0. The van der Waals surface area contributed by atoms with E-state index >= 15 is 0 Å². The molecule has 0 aliphatic carbocycles. The average Bonchev–Trinajstić information content (AvgIpc) is 2.17. The molecule has 4 heteroatoms. The Bertz CT molecular complexity index is 301. The van der Waals surface area contributed by atoms with Crippen LogP contribution in [-0.2, 0) is 0 Å². The Balaban J connectivity index is 3.25. The lowest BCUT2D eigenvalue weighted by molar-refractivity contribution is 0.349. The highest BCUT2D eigenvalue weighted by Gasteiger charge is 2.13. The molecule has 0 amide bonds. The maximum absolute atomic E-state index is 13.4. The van der Waals surface area contributed by atoms with Gasteiger partial charge in [0.15, 0.2) is 11.5 Å². The standard InChI is InChI=1S/C10H14FNO2/c1-6(12)7-4-8(13-2)10(11)9(5-7)14-3/h4-6H,12H2,1-3H3. The Labute approximate surface area is 82.6 Å². The molecule has 0 bridgehead atoms. The Hall–Kier alpha value is -1.29. The first-order valence-corrected chi connectivity index (χ1v) is 4.27. The third-order valence-electron chi connectivity index (χ3n) is 1.99. The molecule has 0 saturated carbocycles. The first-order valence-electron chi connectivity index (χ1n) is 4.27. The van der Waals surface area contributed by atoms with Crippen molar-refractivity contribution in [2.45, 2.75) is 13.0 Å². The number of nitrogens with two attached hydrogens (primary N) is 1.